The van der Waals surface area contributed by atoms with Gasteiger partial charge in [-0.15, -0.1) is 0 Å². The third-order valence-electron chi connectivity index (χ3n) is 5.56. The molecule has 138 valence electrons. The zero-order valence-corrected chi connectivity index (χ0v) is 16.6. The van der Waals surface area contributed by atoms with E-state index in [1.807, 2.05) is 6.07 Å². The lowest BCUT2D eigenvalue weighted by molar-refractivity contribution is 0.0807. The SMILES string of the molecule is CC1(C)CN2CCN(S(=O)(=O)c3ccccc3Cl)CC2c2ccccc21. The first-order valence-electron chi connectivity index (χ1n) is 8.89. The van der Waals surface area contributed by atoms with Crippen molar-refractivity contribution in [1.29, 1.82) is 0 Å². The summed E-state index contributed by atoms with van der Waals surface area (Å²) in [5, 5.41) is 0.278. The van der Waals surface area contributed by atoms with Gasteiger partial charge in [0.2, 0.25) is 10.0 Å². The van der Waals surface area contributed by atoms with Gasteiger partial charge in [-0.05, 0) is 23.3 Å². The van der Waals surface area contributed by atoms with E-state index in [1.165, 1.54) is 11.1 Å². The van der Waals surface area contributed by atoms with E-state index >= 15 is 0 Å². The van der Waals surface area contributed by atoms with Gasteiger partial charge in [-0.1, -0.05) is 61.8 Å². The maximum atomic E-state index is 13.1. The maximum absolute atomic E-state index is 13.1. The third kappa shape index (κ3) is 2.87. The molecule has 4 nitrogen and oxygen atoms in total. The molecule has 0 amide bonds. The number of sulfonamides is 1. The van der Waals surface area contributed by atoms with Gasteiger partial charge in [0, 0.05) is 37.6 Å². The molecule has 0 saturated carbocycles. The topological polar surface area (TPSA) is 40.6 Å². The highest BCUT2D eigenvalue weighted by Gasteiger charge is 2.42. The first kappa shape index (κ1) is 18.0. The Morgan fingerprint density at radius 2 is 1.73 bits per heavy atom. The average molecular weight is 391 g/mol. The van der Waals surface area contributed by atoms with E-state index in [4.69, 9.17) is 11.6 Å². The van der Waals surface area contributed by atoms with Gasteiger partial charge in [-0.25, -0.2) is 8.42 Å². The Morgan fingerprint density at radius 3 is 2.50 bits per heavy atom. The van der Waals surface area contributed by atoms with Crippen LogP contribution in [0.2, 0.25) is 5.02 Å². The molecule has 1 saturated heterocycles. The molecule has 2 aliphatic heterocycles. The lowest BCUT2D eigenvalue weighted by atomic mass is 9.75. The molecular formula is C20H23ClN2O2S. The quantitative estimate of drug-likeness (QED) is 0.785. The van der Waals surface area contributed by atoms with Crippen molar-refractivity contribution in [2.45, 2.75) is 30.2 Å². The molecule has 0 spiro atoms. The predicted molar refractivity (Wildman–Crippen MR) is 104 cm³/mol. The molecule has 0 aromatic heterocycles. The zero-order valence-electron chi connectivity index (χ0n) is 15.0. The van der Waals surface area contributed by atoms with Crippen molar-refractivity contribution in [2.75, 3.05) is 26.2 Å². The summed E-state index contributed by atoms with van der Waals surface area (Å²) in [7, 11) is -3.60. The molecule has 1 fully saturated rings. The van der Waals surface area contributed by atoms with Crippen LogP contribution in [-0.2, 0) is 15.4 Å². The fourth-order valence-corrected chi connectivity index (χ4v) is 6.22. The Morgan fingerprint density at radius 1 is 1.04 bits per heavy atom. The minimum absolute atomic E-state index is 0.0663. The van der Waals surface area contributed by atoms with Gasteiger partial charge in [-0.3, -0.25) is 4.90 Å². The van der Waals surface area contributed by atoms with Crippen LogP contribution >= 0.6 is 11.6 Å². The van der Waals surface area contributed by atoms with Gasteiger partial charge < -0.3 is 0 Å². The van der Waals surface area contributed by atoms with Gasteiger partial charge >= 0.3 is 0 Å². The smallest absolute Gasteiger partial charge is 0.244 e. The van der Waals surface area contributed by atoms with Crippen LogP contribution in [0.1, 0.15) is 31.0 Å². The third-order valence-corrected chi connectivity index (χ3v) is 7.92. The van der Waals surface area contributed by atoms with E-state index in [-0.39, 0.29) is 21.4 Å². The fraction of sp³-hybridized carbons (Fsp3) is 0.400. The number of piperazine rings is 1. The number of hydrogen-bond donors (Lipinski definition) is 0. The van der Waals surface area contributed by atoms with Crippen molar-refractivity contribution in [1.82, 2.24) is 9.21 Å². The first-order valence-corrected chi connectivity index (χ1v) is 10.7. The predicted octanol–water partition coefficient (Wildman–Crippen LogP) is 3.68. The lowest BCUT2D eigenvalue weighted by Crippen LogP contribution is -2.55. The summed E-state index contributed by atoms with van der Waals surface area (Å²) in [4.78, 5) is 2.61. The molecule has 1 atom stereocenters. The number of halogens is 1. The van der Waals surface area contributed by atoms with Gasteiger partial charge in [0.15, 0.2) is 0 Å². The second-order valence-corrected chi connectivity index (χ2v) is 10.1. The van der Waals surface area contributed by atoms with Gasteiger partial charge in [0.05, 0.1) is 5.02 Å². The number of nitrogens with zero attached hydrogens (tertiary/aromatic N) is 2. The zero-order chi connectivity index (χ0) is 18.5. The van der Waals surface area contributed by atoms with E-state index < -0.39 is 10.0 Å². The van der Waals surface area contributed by atoms with Gasteiger partial charge in [0.25, 0.3) is 0 Å². The highest BCUT2D eigenvalue weighted by atomic mass is 35.5. The summed E-state index contributed by atoms with van der Waals surface area (Å²) < 4.78 is 27.9. The molecule has 1 unspecified atom stereocenters. The van der Waals surface area contributed by atoms with Gasteiger partial charge in [-0.2, -0.15) is 4.31 Å². The van der Waals surface area contributed by atoms with E-state index in [9.17, 15) is 8.42 Å². The molecule has 0 bridgehead atoms. The summed E-state index contributed by atoms with van der Waals surface area (Å²) in [5.41, 5.74) is 2.62. The van der Waals surface area contributed by atoms with Crippen molar-refractivity contribution in [3.63, 3.8) is 0 Å². The molecule has 0 radical (unpaired) electrons. The summed E-state index contributed by atoms with van der Waals surface area (Å²) in [5.74, 6) is 0. The normalized spacial score (nSPS) is 23.3. The highest BCUT2D eigenvalue weighted by Crippen LogP contribution is 2.41. The molecule has 26 heavy (non-hydrogen) atoms. The Bertz CT molecular complexity index is 942. The summed E-state index contributed by atoms with van der Waals surface area (Å²) >= 11 is 6.17. The number of benzene rings is 2. The molecule has 0 aliphatic carbocycles. The van der Waals surface area contributed by atoms with Crippen LogP contribution in [0.15, 0.2) is 53.4 Å². The summed E-state index contributed by atoms with van der Waals surface area (Å²) in [6, 6.07) is 15.2. The van der Waals surface area contributed by atoms with Gasteiger partial charge in [0.1, 0.15) is 4.90 Å². The van der Waals surface area contributed by atoms with Crippen LogP contribution in [0.5, 0.6) is 0 Å². The fourth-order valence-electron chi connectivity index (χ4n) is 4.29. The number of fused-ring (bicyclic) bond motifs is 3. The lowest BCUT2D eigenvalue weighted by Gasteiger charge is -2.49. The van der Waals surface area contributed by atoms with Crippen molar-refractivity contribution in [3.8, 4) is 0 Å². The number of rotatable bonds is 2. The van der Waals surface area contributed by atoms with E-state index in [2.05, 4.69) is 36.9 Å². The minimum Gasteiger partial charge on any atom is -0.293 e. The minimum atomic E-state index is -3.60. The Kier molecular flexibility index (Phi) is 4.39. The molecule has 2 heterocycles. The molecule has 0 N–H and O–H groups in total. The van der Waals surface area contributed by atoms with Crippen molar-refractivity contribution >= 4 is 21.6 Å². The largest absolute Gasteiger partial charge is 0.293 e. The molecule has 6 heteroatoms. The van der Waals surface area contributed by atoms with Crippen LogP contribution in [0.3, 0.4) is 0 Å². The highest BCUT2D eigenvalue weighted by molar-refractivity contribution is 7.89. The van der Waals surface area contributed by atoms with Crippen molar-refractivity contribution in [2.24, 2.45) is 0 Å². The van der Waals surface area contributed by atoms with Crippen LogP contribution in [-0.4, -0.2) is 43.8 Å². The van der Waals surface area contributed by atoms with E-state index in [1.54, 1.807) is 28.6 Å². The second kappa shape index (κ2) is 6.34. The molecule has 2 aliphatic rings. The van der Waals surface area contributed by atoms with Crippen LogP contribution in [0.4, 0.5) is 0 Å². The maximum Gasteiger partial charge on any atom is 0.244 e. The Balaban J connectivity index is 1.70. The molecular weight excluding hydrogens is 368 g/mol. The molecule has 2 aromatic carbocycles. The molecule has 2 aromatic rings. The average Bonchev–Trinajstić information content (AvgIpc) is 2.61. The van der Waals surface area contributed by atoms with Crippen LogP contribution in [0.25, 0.3) is 0 Å². The summed E-state index contributed by atoms with van der Waals surface area (Å²) in [6.07, 6.45) is 0. The standard InChI is InChI=1S/C20H23ClN2O2S/c1-20(2)14-22-11-12-23(13-18(22)15-7-3-4-8-16(15)20)26(24,25)19-10-6-5-9-17(19)21/h3-10,18H,11-14H2,1-2H3. The van der Waals surface area contributed by atoms with Crippen LogP contribution < -0.4 is 0 Å². The number of hydrogen-bond acceptors (Lipinski definition) is 3. The summed E-state index contributed by atoms with van der Waals surface area (Å²) in [6.45, 7) is 7.13. The molecule has 4 rings (SSSR count). The Labute approximate surface area is 160 Å². The Hall–Kier alpha value is -1.40. The van der Waals surface area contributed by atoms with Crippen LogP contribution in [0, 0.1) is 0 Å². The monoisotopic (exact) mass is 390 g/mol. The van der Waals surface area contributed by atoms with E-state index in [0.717, 1.165) is 13.1 Å². The first-order chi connectivity index (χ1) is 12.3. The second-order valence-electron chi connectivity index (χ2n) is 7.75. The van der Waals surface area contributed by atoms with Crippen molar-refractivity contribution < 1.29 is 8.42 Å². The van der Waals surface area contributed by atoms with Crippen molar-refractivity contribution in [3.05, 3.63) is 64.7 Å². The van der Waals surface area contributed by atoms with E-state index in [0.29, 0.717) is 13.1 Å².